The largest absolute Gasteiger partial charge is 0.313 e. The maximum Gasteiger partial charge on any atom is 0.0314 e. The van der Waals surface area contributed by atoms with Gasteiger partial charge >= 0.3 is 0 Å². The fourth-order valence-corrected chi connectivity index (χ4v) is 3.86. The SMILES string of the molecule is CCCNCc1ccc(Br)cc1Sc1ccccc1Br. The molecular formula is C16H17Br2NS. The molecule has 0 saturated carbocycles. The van der Waals surface area contributed by atoms with Crippen LogP contribution in [0.2, 0.25) is 0 Å². The molecule has 2 rings (SSSR count). The Morgan fingerprint density at radius 2 is 1.85 bits per heavy atom. The van der Waals surface area contributed by atoms with Crippen molar-refractivity contribution in [2.75, 3.05) is 6.54 Å². The molecule has 2 aromatic carbocycles. The van der Waals surface area contributed by atoms with Crippen molar-refractivity contribution in [2.45, 2.75) is 29.7 Å². The standard InChI is InChI=1S/C16H17Br2NS/c1-2-9-19-11-12-7-8-13(17)10-16(12)20-15-6-4-3-5-14(15)18/h3-8,10,19H,2,9,11H2,1H3. The van der Waals surface area contributed by atoms with Crippen LogP contribution in [0.3, 0.4) is 0 Å². The molecule has 0 saturated heterocycles. The van der Waals surface area contributed by atoms with Crippen molar-refractivity contribution in [3.05, 3.63) is 57.0 Å². The van der Waals surface area contributed by atoms with E-state index >= 15 is 0 Å². The van der Waals surface area contributed by atoms with E-state index in [1.807, 2.05) is 6.07 Å². The molecule has 0 heterocycles. The summed E-state index contributed by atoms with van der Waals surface area (Å²) in [6.07, 6.45) is 1.16. The minimum Gasteiger partial charge on any atom is -0.313 e. The Kier molecular flexibility index (Phi) is 6.62. The molecule has 20 heavy (non-hydrogen) atoms. The van der Waals surface area contributed by atoms with Crippen LogP contribution in [-0.2, 0) is 6.54 Å². The van der Waals surface area contributed by atoms with Gasteiger partial charge in [-0.1, -0.05) is 52.8 Å². The smallest absolute Gasteiger partial charge is 0.0314 e. The molecule has 0 atom stereocenters. The van der Waals surface area contributed by atoms with Gasteiger partial charge in [-0.25, -0.2) is 0 Å². The van der Waals surface area contributed by atoms with Crippen molar-refractivity contribution >= 4 is 43.6 Å². The Morgan fingerprint density at radius 3 is 2.60 bits per heavy atom. The molecule has 0 spiro atoms. The lowest BCUT2D eigenvalue weighted by Gasteiger charge is -2.11. The number of benzene rings is 2. The number of rotatable bonds is 6. The van der Waals surface area contributed by atoms with E-state index in [9.17, 15) is 0 Å². The van der Waals surface area contributed by atoms with E-state index in [2.05, 4.69) is 80.5 Å². The second-order valence-corrected chi connectivity index (χ2v) is 7.32. The summed E-state index contributed by atoms with van der Waals surface area (Å²) in [5.74, 6) is 0. The Bertz CT molecular complexity index is 572. The second kappa shape index (κ2) is 8.23. The molecule has 0 amide bonds. The first-order valence-corrected chi connectivity index (χ1v) is 9.02. The lowest BCUT2D eigenvalue weighted by molar-refractivity contribution is 0.669. The van der Waals surface area contributed by atoms with E-state index in [4.69, 9.17) is 0 Å². The highest BCUT2D eigenvalue weighted by Gasteiger charge is 2.07. The quantitative estimate of drug-likeness (QED) is 0.593. The van der Waals surface area contributed by atoms with E-state index in [0.29, 0.717) is 0 Å². The van der Waals surface area contributed by atoms with Crippen molar-refractivity contribution in [3.63, 3.8) is 0 Å². The predicted molar refractivity (Wildman–Crippen MR) is 94.4 cm³/mol. The fraction of sp³-hybridized carbons (Fsp3) is 0.250. The predicted octanol–water partition coefficient (Wildman–Crippen LogP) is 5.86. The van der Waals surface area contributed by atoms with Crippen molar-refractivity contribution < 1.29 is 0 Å². The van der Waals surface area contributed by atoms with Crippen LogP contribution >= 0.6 is 43.6 Å². The molecule has 2 aromatic rings. The third-order valence-electron chi connectivity index (χ3n) is 2.83. The summed E-state index contributed by atoms with van der Waals surface area (Å²) >= 11 is 8.97. The summed E-state index contributed by atoms with van der Waals surface area (Å²) in [5.41, 5.74) is 1.34. The summed E-state index contributed by atoms with van der Waals surface area (Å²) in [6, 6.07) is 14.8. The van der Waals surface area contributed by atoms with Crippen molar-refractivity contribution in [2.24, 2.45) is 0 Å². The van der Waals surface area contributed by atoms with Crippen LogP contribution in [0, 0.1) is 0 Å². The van der Waals surface area contributed by atoms with Gasteiger partial charge in [0.05, 0.1) is 0 Å². The van der Waals surface area contributed by atoms with Crippen LogP contribution in [-0.4, -0.2) is 6.54 Å². The molecule has 0 bridgehead atoms. The third kappa shape index (κ3) is 4.62. The zero-order valence-electron chi connectivity index (χ0n) is 11.3. The van der Waals surface area contributed by atoms with E-state index < -0.39 is 0 Å². The molecule has 0 aliphatic heterocycles. The lowest BCUT2D eigenvalue weighted by atomic mass is 10.2. The molecule has 1 nitrogen and oxygen atoms in total. The van der Waals surface area contributed by atoms with Gasteiger partial charge in [-0.05, 0) is 58.7 Å². The summed E-state index contributed by atoms with van der Waals surface area (Å²) in [7, 11) is 0. The first kappa shape index (κ1) is 16.1. The molecule has 0 fully saturated rings. The van der Waals surface area contributed by atoms with Gasteiger partial charge in [0.15, 0.2) is 0 Å². The average molecular weight is 415 g/mol. The van der Waals surface area contributed by atoms with E-state index in [-0.39, 0.29) is 0 Å². The Morgan fingerprint density at radius 1 is 1.05 bits per heavy atom. The van der Waals surface area contributed by atoms with Crippen LogP contribution in [0.25, 0.3) is 0 Å². The monoisotopic (exact) mass is 413 g/mol. The maximum absolute atomic E-state index is 3.61. The fourth-order valence-electron chi connectivity index (χ4n) is 1.82. The van der Waals surface area contributed by atoms with Gasteiger partial charge in [0.25, 0.3) is 0 Å². The number of hydrogen-bond donors (Lipinski definition) is 1. The van der Waals surface area contributed by atoms with Gasteiger partial charge in [0, 0.05) is 25.3 Å². The van der Waals surface area contributed by atoms with E-state index in [0.717, 1.165) is 28.5 Å². The Labute approximate surface area is 141 Å². The minimum absolute atomic E-state index is 0.911. The van der Waals surface area contributed by atoms with Gasteiger partial charge in [-0.2, -0.15) is 0 Å². The van der Waals surface area contributed by atoms with Crippen LogP contribution in [0.15, 0.2) is 61.2 Å². The second-order valence-electron chi connectivity index (χ2n) is 4.46. The maximum atomic E-state index is 3.61. The topological polar surface area (TPSA) is 12.0 Å². The molecule has 1 N–H and O–H groups in total. The molecule has 0 unspecified atom stereocenters. The minimum atomic E-state index is 0.911. The van der Waals surface area contributed by atoms with Crippen LogP contribution in [0.1, 0.15) is 18.9 Å². The summed E-state index contributed by atoms with van der Waals surface area (Å²) in [5, 5.41) is 3.47. The Hall–Kier alpha value is -0.290. The lowest BCUT2D eigenvalue weighted by Crippen LogP contribution is -2.14. The normalized spacial score (nSPS) is 10.8. The molecule has 0 aliphatic rings. The summed E-state index contributed by atoms with van der Waals surface area (Å²) in [4.78, 5) is 2.53. The third-order valence-corrected chi connectivity index (χ3v) is 5.45. The van der Waals surface area contributed by atoms with E-state index in [1.165, 1.54) is 15.4 Å². The number of hydrogen-bond acceptors (Lipinski definition) is 2. The Balaban J connectivity index is 2.21. The van der Waals surface area contributed by atoms with Crippen LogP contribution in [0.5, 0.6) is 0 Å². The molecule has 106 valence electrons. The van der Waals surface area contributed by atoms with Gasteiger partial charge in [-0.15, -0.1) is 0 Å². The average Bonchev–Trinajstić information content (AvgIpc) is 2.44. The number of nitrogens with one attached hydrogen (secondary N) is 1. The van der Waals surface area contributed by atoms with Crippen LogP contribution < -0.4 is 5.32 Å². The van der Waals surface area contributed by atoms with Crippen molar-refractivity contribution in [1.29, 1.82) is 0 Å². The van der Waals surface area contributed by atoms with Crippen LogP contribution in [0.4, 0.5) is 0 Å². The summed E-state index contributed by atoms with van der Waals surface area (Å²) in [6.45, 7) is 4.15. The first-order chi connectivity index (χ1) is 9.70. The molecule has 0 aromatic heterocycles. The van der Waals surface area contributed by atoms with Crippen molar-refractivity contribution in [3.8, 4) is 0 Å². The highest BCUT2D eigenvalue weighted by molar-refractivity contribution is 9.10. The zero-order valence-corrected chi connectivity index (χ0v) is 15.3. The van der Waals surface area contributed by atoms with Gasteiger partial charge < -0.3 is 5.32 Å². The molecule has 4 heteroatoms. The van der Waals surface area contributed by atoms with E-state index in [1.54, 1.807) is 11.8 Å². The van der Waals surface area contributed by atoms with Crippen molar-refractivity contribution in [1.82, 2.24) is 5.32 Å². The van der Waals surface area contributed by atoms with Gasteiger partial charge in [-0.3, -0.25) is 0 Å². The highest BCUT2D eigenvalue weighted by Crippen LogP contribution is 2.36. The van der Waals surface area contributed by atoms with Gasteiger partial charge in [0.1, 0.15) is 0 Å². The number of halogens is 2. The highest BCUT2D eigenvalue weighted by atomic mass is 79.9. The summed E-state index contributed by atoms with van der Waals surface area (Å²) < 4.78 is 2.25. The molecule has 0 radical (unpaired) electrons. The van der Waals surface area contributed by atoms with Gasteiger partial charge in [0.2, 0.25) is 0 Å². The zero-order chi connectivity index (χ0) is 14.4. The first-order valence-electron chi connectivity index (χ1n) is 6.62. The molecule has 0 aliphatic carbocycles. The molecular weight excluding hydrogens is 398 g/mol.